The van der Waals surface area contributed by atoms with Crippen LogP contribution in [0.25, 0.3) is 0 Å². The lowest BCUT2D eigenvalue weighted by Crippen LogP contribution is -2.34. The van der Waals surface area contributed by atoms with Gasteiger partial charge in [-0.2, -0.15) is 0 Å². The third kappa shape index (κ3) is 4.19. The van der Waals surface area contributed by atoms with Crippen LogP contribution < -0.4 is 0 Å². The highest BCUT2D eigenvalue weighted by atomic mass is 16.2. The number of nitrogens with zero attached hydrogens (tertiary/aromatic N) is 2. The fourth-order valence-electron chi connectivity index (χ4n) is 2.07. The van der Waals surface area contributed by atoms with E-state index in [4.69, 9.17) is 0 Å². The van der Waals surface area contributed by atoms with Crippen LogP contribution in [0.2, 0.25) is 0 Å². The average Bonchev–Trinajstić information content (AvgIpc) is 2.64. The molecule has 0 radical (unpaired) electrons. The molecule has 0 aliphatic carbocycles. The molecule has 108 valence electrons. The topological polar surface area (TPSA) is 32.7 Å². The lowest BCUT2D eigenvalue weighted by atomic mass is 9.86. The molecule has 0 unspecified atom stereocenters. The first-order valence-electron chi connectivity index (χ1n) is 7.50. The van der Waals surface area contributed by atoms with Gasteiger partial charge in [0.05, 0.1) is 0 Å². The number of amides is 1. The molecule has 1 rings (SSSR count). The number of unbranched alkanes of at least 4 members (excludes halogenated alkanes) is 2. The lowest BCUT2D eigenvalue weighted by molar-refractivity contribution is -0.123. The van der Waals surface area contributed by atoms with Crippen LogP contribution in [0.3, 0.4) is 0 Å². The fraction of sp³-hybridized carbons (Fsp3) is 0.750. The minimum Gasteiger partial charge on any atom is -0.293 e. The molecule has 3 heteroatoms. The molecule has 0 spiro atoms. The third-order valence-electron chi connectivity index (χ3n) is 3.35. The first-order valence-corrected chi connectivity index (χ1v) is 7.50. The Bertz CT molecular complexity index is 375. The normalized spacial score (nSPS) is 18.4. The summed E-state index contributed by atoms with van der Waals surface area (Å²) in [5.41, 5.74) is 0.780. The summed E-state index contributed by atoms with van der Waals surface area (Å²) in [6, 6.07) is 0. The first-order chi connectivity index (χ1) is 8.91. The zero-order chi connectivity index (χ0) is 14.5. The number of aliphatic imine (C=N–C) groups is 1. The van der Waals surface area contributed by atoms with E-state index in [-0.39, 0.29) is 11.3 Å². The number of hydrogen-bond acceptors (Lipinski definition) is 2. The number of carbonyl (C=O) groups excluding carboxylic acids is 1. The summed E-state index contributed by atoms with van der Waals surface area (Å²) in [5, 5.41) is 0. The molecule has 0 aromatic carbocycles. The van der Waals surface area contributed by atoms with E-state index in [2.05, 4.69) is 39.6 Å². The molecule has 0 fully saturated rings. The van der Waals surface area contributed by atoms with Crippen molar-refractivity contribution in [2.45, 2.75) is 60.3 Å². The third-order valence-corrected chi connectivity index (χ3v) is 3.35. The van der Waals surface area contributed by atoms with Gasteiger partial charge in [0.25, 0.3) is 5.91 Å². The fourth-order valence-corrected chi connectivity index (χ4v) is 2.07. The van der Waals surface area contributed by atoms with Gasteiger partial charge in [-0.15, -0.1) is 0 Å². The van der Waals surface area contributed by atoms with Gasteiger partial charge in [0.15, 0.2) is 0 Å². The number of hydrogen-bond donors (Lipinski definition) is 0. The molecule has 3 nitrogen and oxygen atoms in total. The summed E-state index contributed by atoms with van der Waals surface area (Å²) in [6.45, 7) is 12.2. The van der Waals surface area contributed by atoms with Crippen molar-refractivity contribution < 1.29 is 4.79 Å². The molecular weight excluding hydrogens is 236 g/mol. The van der Waals surface area contributed by atoms with E-state index >= 15 is 0 Å². The average molecular weight is 264 g/mol. The molecule has 19 heavy (non-hydrogen) atoms. The van der Waals surface area contributed by atoms with Crippen LogP contribution in [0.1, 0.15) is 60.3 Å². The maximum atomic E-state index is 12.5. The number of carbonyl (C=O) groups is 1. The largest absolute Gasteiger partial charge is 0.293 e. The van der Waals surface area contributed by atoms with Crippen molar-refractivity contribution in [3.05, 3.63) is 11.6 Å². The van der Waals surface area contributed by atoms with Gasteiger partial charge < -0.3 is 0 Å². The first kappa shape index (κ1) is 15.9. The minimum absolute atomic E-state index is 0.108. The zero-order valence-corrected chi connectivity index (χ0v) is 13.1. The summed E-state index contributed by atoms with van der Waals surface area (Å²) >= 11 is 0. The zero-order valence-electron chi connectivity index (χ0n) is 13.1. The van der Waals surface area contributed by atoms with Crippen LogP contribution in [0, 0.1) is 5.41 Å². The van der Waals surface area contributed by atoms with E-state index in [1.807, 2.05) is 11.0 Å². The molecular formula is C16H28N2O. The van der Waals surface area contributed by atoms with Crippen LogP contribution in [0.15, 0.2) is 16.6 Å². The molecule has 0 atom stereocenters. The van der Waals surface area contributed by atoms with Gasteiger partial charge in [-0.05, 0) is 24.3 Å². The highest BCUT2D eigenvalue weighted by molar-refractivity contribution is 6.18. The summed E-state index contributed by atoms with van der Waals surface area (Å²) < 4.78 is 0. The minimum atomic E-state index is -0.108. The van der Waals surface area contributed by atoms with Crippen molar-refractivity contribution in [2.24, 2.45) is 10.4 Å². The maximum Gasteiger partial charge on any atom is 0.256 e. The quantitative estimate of drug-likeness (QED) is 0.672. The van der Waals surface area contributed by atoms with Gasteiger partial charge in [-0.25, -0.2) is 0 Å². The Morgan fingerprint density at radius 1 is 1.16 bits per heavy atom. The highest BCUT2D eigenvalue weighted by Gasteiger charge is 2.35. The van der Waals surface area contributed by atoms with Crippen molar-refractivity contribution in [3.63, 3.8) is 0 Å². The van der Waals surface area contributed by atoms with Crippen molar-refractivity contribution in [1.29, 1.82) is 0 Å². The van der Waals surface area contributed by atoms with Crippen molar-refractivity contribution in [3.8, 4) is 0 Å². The molecule has 1 aliphatic rings. The van der Waals surface area contributed by atoms with E-state index in [0.29, 0.717) is 0 Å². The van der Waals surface area contributed by atoms with E-state index < -0.39 is 0 Å². The molecule has 1 amide bonds. The summed E-state index contributed by atoms with van der Waals surface area (Å²) in [7, 11) is 0. The second-order valence-corrected chi connectivity index (χ2v) is 6.21. The molecule has 0 saturated heterocycles. The standard InChI is InChI=1S/C16H28N2O/c1-6-8-10-17-14-12-13(16(3,4)5)15(19)18(14)11-9-7-2/h12H,6-11H2,1-5H3. The van der Waals surface area contributed by atoms with Gasteiger partial charge >= 0.3 is 0 Å². The van der Waals surface area contributed by atoms with E-state index in [9.17, 15) is 4.79 Å². The van der Waals surface area contributed by atoms with Crippen LogP contribution in [0.4, 0.5) is 0 Å². The van der Waals surface area contributed by atoms with Crippen LogP contribution in [-0.4, -0.2) is 29.7 Å². The monoisotopic (exact) mass is 264 g/mol. The smallest absolute Gasteiger partial charge is 0.256 e. The molecule has 0 N–H and O–H groups in total. The van der Waals surface area contributed by atoms with Crippen molar-refractivity contribution in [2.75, 3.05) is 13.1 Å². The van der Waals surface area contributed by atoms with E-state index in [1.165, 1.54) is 0 Å². The summed E-state index contributed by atoms with van der Waals surface area (Å²) in [4.78, 5) is 18.9. The Morgan fingerprint density at radius 2 is 1.79 bits per heavy atom. The number of amidine groups is 1. The van der Waals surface area contributed by atoms with E-state index in [0.717, 1.165) is 50.2 Å². The Hall–Kier alpha value is -1.12. The number of rotatable bonds is 6. The molecule has 1 heterocycles. The Kier molecular flexibility index (Phi) is 5.77. The Labute approximate surface area is 117 Å². The van der Waals surface area contributed by atoms with Crippen LogP contribution in [0.5, 0.6) is 0 Å². The second kappa shape index (κ2) is 6.88. The van der Waals surface area contributed by atoms with Gasteiger partial charge in [-0.3, -0.25) is 14.7 Å². The van der Waals surface area contributed by atoms with Gasteiger partial charge in [0.2, 0.25) is 0 Å². The molecule has 1 aliphatic heterocycles. The lowest BCUT2D eigenvalue weighted by Gasteiger charge is -2.22. The second-order valence-electron chi connectivity index (χ2n) is 6.21. The molecule has 0 aromatic rings. The van der Waals surface area contributed by atoms with Crippen molar-refractivity contribution >= 4 is 11.7 Å². The maximum absolute atomic E-state index is 12.5. The predicted octanol–water partition coefficient (Wildman–Crippen LogP) is 3.80. The van der Waals surface area contributed by atoms with E-state index in [1.54, 1.807) is 0 Å². The van der Waals surface area contributed by atoms with Crippen LogP contribution in [-0.2, 0) is 4.79 Å². The highest BCUT2D eigenvalue weighted by Crippen LogP contribution is 2.31. The van der Waals surface area contributed by atoms with Gasteiger partial charge in [-0.1, -0.05) is 47.5 Å². The SMILES string of the molecule is CCCCN=C1C=C(C(C)(C)C)C(=O)N1CCCC. The molecule has 0 saturated carbocycles. The van der Waals surface area contributed by atoms with Crippen LogP contribution >= 0.6 is 0 Å². The molecule has 0 bridgehead atoms. The van der Waals surface area contributed by atoms with Gasteiger partial charge in [0, 0.05) is 18.7 Å². The molecule has 0 aromatic heterocycles. The summed E-state index contributed by atoms with van der Waals surface area (Å²) in [5.74, 6) is 1.02. The predicted molar refractivity (Wildman–Crippen MR) is 81.4 cm³/mol. The Morgan fingerprint density at radius 3 is 2.32 bits per heavy atom. The Balaban J connectivity index is 2.91. The summed E-state index contributed by atoms with van der Waals surface area (Å²) in [6.07, 6.45) is 6.34. The van der Waals surface area contributed by atoms with Crippen molar-refractivity contribution in [1.82, 2.24) is 4.90 Å². The van der Waals surface area contributed by atoms with Gasteiger partial charge in [0.1, 0.15) is 5.84 Å².